The Balaban J connectivity index is 1.65. The van der Waals surface area contributed by atoms with Crippen LogP contribution in [-0.2, 0) is 0 Å². The summed E-state index contributed by atoms with van der Waals surface area (Å²) in [6, 6.07) is 24.3. The van der Waals surface area contributed by atoms with Crippen LogP contribution in [-0.4, -0.2) is 13.0 Å². The fraction of sp³-hybridized carbons (Fsp3) is 0.0741. The molecule has 0 aliphatic heterocycles. The van der Waals surface area contributed by atoms with Crippen molar-refractivity contribution < 1.29 is 14.3 Å². The summed E-state index contributed by atoms with van der Waals surface area (Å²) in [7, 11) is 1.51. The zero-order chi connectivity index (χ0) is 24.9. The minimum absolute atomic E-state index is 0.299. The Bertz CT molecular complexity index is 1340. The van der Waals surface area contributed by atoms with Crippen molar-refractivity contribution in [3.63, 3.8) is 0 Å². The lowest BCUT2D eigenvalue weighted by Gasteiger charge is -2.23. The molecule has 0 spiro atoms. The molecule has 0 saturated carbocycles. The molecular weight excluding hydrogens is 528 g/mol. The summed E-state index contributed by atoms with van der Waals surface area (Å²) >= 11 is 24.6. The highest BCUT2D eigenvalue weighted by molar-refractivity contribution is 6.35. The highest BCUT2D eigenvalue weighted by Gasteiger charge is 2.22. The Morgan fingerprint density at radius 2 is 1.37 bits per heavy atom. The van der Waals surface area contributed by atoms with Gasteiger partial charge in [0.05, 0.1) is 7.11 Å². The molecular formula is C27H19Cl4NO3. The van der Waals surface area contributed by atoms with Crippen LogP contribution in [0.15, 0.2) is 84.9 Å². The molecule has 0 aromatic heterocycles. The van der Waals surface area contributed by atoms with Gasteiger partial charge in [-0.1, -0.05) is 64.6 Å². The molecule has 4 rings (SSSR count). The Morgan fingerprint density at radius 1 is 0.743 bits per heavy atom. The molecule has 1 amide bonds. The lowest BCUT2D eigenvalue weighted by Crippen LogP contribution is -2.13. The van der Waals surface area contributed by atoms with Crippen molar-refractivity contribution in [1.82, 2.24) is 0 Å². The fourth-order valence-corrected chi connectivity index (χ4v) is 4.19. The molecule has 4 aromatic carbocycles. The Kier molecular flexibility index (Phi) is 8.09. The SMILES string of the molecule is COc1cc(C(=O)Nc2ccc(Cl)cc2)ccc1OC(c1ccc(Cl)cc1)c1ccc(Cl)cc1Cl. The summed E-state index contributed by atoms with van der Waals surface area (Å²) in [4.78, 5) is 12.8. The number of rotatable bonds is 7. The number of amides is 1. The second-order valence-electron chi connectivity index (χ2n) is 7.54. The van der Waals surface area contributed by atoms with Crippen LogP contribution in [0.2, 0.25) is 20.1 Å². The predicted molar refractivity (Wildman–Crippen MR) is 143 cm³/mol. The van der Waals surface area contributed by atoms with Gasteiger partial charge in [0.1, 0.15) is 0 Å². The minimum Gasteiger partial charge on any atom is -0.493 e. The van der Waals surface area contributed by atoms with E-state index >= 15 is 0 Å². The van der Waals surface area contributed by atoms with E-state index in [4.69, 9.17) is 55.9 Å². The van der Waals surface area contributed by atoms with Crippen molar-refractivity contribution in [2.75, 3.05) is 12.4 Å². The predicted octanol–water partition coefficient (Wildman–Crippen LogP) is 8.73. The maximum Gasteiger partial charge on any atom is 0.255 e. The van der Waals surface area contributed by atoms with Gasteiger partial charge in [0.15, 0.2) is 17.6 Å². The normalized spacial score (nSPS) is 11.6. The van der Waals surface area contributed by atoms with Crippen LogP contribution in [0, 0.1) is 0 Å². The largest absolute Gasteiger partial charge is 0.493 e. The molecule has 4 aromatic rings. The first-order valence-electron chi connectivity index (χ1n) is 10.5. The Hall–Kier alpha value is -2.89. The second kappa shape index (κ2) is 11.2. The average Bonchev–Trinajstić information content (AvgIpc) is 2.85. The molecule has 0 bridgehead atoms. The quantitative estimate of drug-likeness (QED) is 0.252. The lowest BCUT2D eigenvalue weighted by atomic mass is 10.0. The first-order chi connectivity index (χ1) is 16.8. The zero-order valence-electron chi connectivity index (χ0n) is 18.4. The minimum atomic E-state index is -0.584. The van der Waals surface area contributed by atoms with Gasteiger partial charge in [0.2, 0.25) is 0 Å². The number of carbonyl (C=O) groups is 1. The van der Waals surface area contributed by atoms with Crippen molar-refractivity contribution >= 4 is 58.0 Å². The van der Waals surface area contributed by atoms with E-state index in [9.17, 15) is 4.79 Å². The van der Waals surface area contributed by atoms with Gasteiger partial charge in [-0.15, -0.1) is 0 Å². The fourth-order valence-electron chi connectivity index (χ4n) is 3.43. The number of anilines is 1. The smallest absolute Gasteiger partial charge is 0.255 e. The monoisotopic (exact) mass is 545 g/mol. The van der Waals surface area contributed by atoms with Crippen LogP contribution in [0.1, 0.15) is 27.6 Å². The van der Waals surface area contributed by atoms with Crippen LogP contribution in [0.25, 0.3) is 0 Å². The van der Waals surface area contributed by atoms with Crippen LogP contribution < -0.4 is 14.8 Å². The van der Waals surface area contributed by atoms with Gasteiger partial charge in [-0.25, -0.2) is 0 Å². The molecule has 0 fully saturated rings. The van der Waals surface area contributed by atoms with Crippen LogP contribution in [0.5, 0.6) is 11.5 Å². The number of carbonyl (C=O) groups excluding carboxylic acids is 1. The van der Waals surface area contributed by atoms with Gasteiger partial charge in [-0.3, -0.25) is 4.79 Å². The van der Waals surface area contributed by atoms with E-state index < -0.39 is 6.10 Å². The maximum absolute atomic E-state index is 12.8. The summed E-state index contributed by atoms with van der Waals surface area (Å²) in [5.74, 6) is 0.520. The Morgan fingerprint density at radius 3 is 2.00 bits per heavy atom. The number of methoxy groups -OCH3 is 1. The molecule has 1 N–H and O–H groups in total. The molecule has 178 valence electrons. The molecule has 1 unspecified atom stereocenters. The average molecular weight is 547 g/mol. The molecule has 0 heterocycles. The molecule has 35 heavy (non-hydrogen) atoms. The summed E-state index contributed by atoms with van der Waals surface area (Å²) in [6.45, 7) is 0. The van der Waals surface area contributed by atoms with Crippen molar-refractivity contribution in [1.29, 1.82) is 0 Å². The Labute approximate surface area is 223 Å². The number of halogens is 4. The first kappa shape index (κ1) is 25.2. The number of hydrogen-bond acceptors (Lipinski definition) is 3. The van der Waals surface area contributed by atoms with Gasteiger partial charge < -0.3 is 14.8 Å². The summed E-state index contributed by atoms with van der Waals surface area (Å²) in [6.07, 6.45) is -0.584. The van der Waals surface area contributed by atoms with E-state index in [2.05, 4.69) is 5.32 Å². The van der Waals surface area contributed by atoms with E-state index in [0.29, 0.717) is 48.4 Å². The summed E-state index contributed by atoms with van der Waals surface area (Å²) < 4.78 is 11.9. The van der Waals surface area contributed by atoms with Crippen molar-refractivity contribution in [2.45, 2.75) is 6.10 Å². The van der Waals surface area contributed by atoms with Crippen LogP contribution in [0.3, 0.4) is 0 Å². The summed E-state index contributed by atoms with van der Waals surface area (Å²) in [5, 5.41) is 4.99. The van der Waals surface area contributed by atoms with E-state index in [1.54, 1.807) is 66.7 Å². The van der Waals surface area contributed by atoms with Gasteiger partial charge in [-0.05, 0) is 72.3 Å². The number of nitrogens with one attached hydrogen (secondary N) is 1. The third-order valence-electron chi connectivity index (χ3n) is 5.19. The maximum atomic E-state index is 12.8. The molecule has 8 heteroatoms. The van der Waals surface area contributed by atoms with E-state index in [0.717, 1.165) is 5.56 Å². The molecule has 0 aliphatic rings. The molecule has 0 saturated heterocycles. The third kappa shape index (κ3) is 6.22. The van der Waals surface area contributed by atoms with Gasteiger partial charge in [0, 0.05) is 36.9 Å². The van der Waals surface area contributed by atoms with E-state index in [-0.39, 0.29) is 5.91 Å². The lowest BCUT2D eigenvalue weighted by molar-refractivity contribution is 0.102. The summed E-state index contributed by atoms with van der Waals surface area (Å²) in [5.41, 5.74) is 2.56. The van der Waals surface area contributed by atoms with Crippen LogP contribution in [0.4, 0.5) is 5.69 Å². The molecule has 0 radical (unpaired) electrons. The third-order valence-corrected chi connectivity index (χ3v) is 6.26. The standard InChI is InChI=1S/C27H19Cl4NO3/c1-34-25-14-17(27(33)32-21-10-7-19(29)8-11-21)4-13-24(25)35-26(16-2-5-18(28)6-3-16)22-12-9-20(30)15-23(22)31/h2-15,26H,1H3,(H,32,33). The van der Waals surface area contributed by atoms with Crippen molar-refractivity contribution in [3.8, 4) is 11.5 Å². The molecule has 0 aliphatic carbocycles. The molecule has 4 nitrogen and oxygen atoms in total. The second-order valence-corrected chi connectivity index (χ2v) is 9.26. The highest BCUT2D eigenvalue weighted by atomic mass is 35.5. The number of benzene rings is 4. The number of ether oxygens (including phenoxy) is 2. The van der Waals surface area contributed by atoms with Gasteiger partial charge in [0.25, 0.3) is 5.91 Å². The molecule has 1 atom stereocenters. The first-order valence-corrected chi connectivity index (χ1v) is 12.0. The zero-order valence-corrected chi connectivity index (χ0v) is 21.4. The van der Waals surface area contributed by atoms with Gasteiger partial charge in [-0.2, -0.15) is 0 Å². The van der Waals surface area contributed by atoms with Crippen LogP contribution >= 0.6 is 46.4 Å². The van der Waals surface area contributed by atoms with Crippen molar-refractivity contribution in [3.05, 3.63) is 122 Å². The topological polar surface area (TPSA) is 47.6 Å². The highest BCUT2D eigenvalue weighted by Crippen LogP contribution is 2.38. The van der Waals surface area contributed by atoms with Gasteiger partial charge >= 0.3 is 0 Å². The van der Waals surface area contributed by atoms with E-state index in [1.165, 1.54) is 7.11 Å². The van der Waals surface area contributed by atoms with Crippen molar-refractivity contribution in [2.24, 2.45) is 0 Å². The number of hydrogen-bond donors (Lipinski definition) is 1. The van der Waals surface area contributed by atoms with E-state index in [1.807, 2.05) is 18.2 Å².